The first-order valence-electron chi connectivity index (χ1n) is 5.01. The Kier molecular flexibility index (Phi) is 3.29. The first-order valence-corrected chi connectivity index (χ1v) is 5.81. The molecule has 0 aliphatic carbocycles. The van der Waals surface area contributed by atoms with E-state index in [2.05, 4.69) is 27.1 Å². The lowest BCUT2D eigenvalue weighted by Crippen LogP contribution is -2.05. The number of rotatable bonds is 3. The molecular formula is C12H13BrN2O. The Morgan fingerprint density at radius 3 is 2.81 bits per heavy atom. The molecule has 0 atom stereocenters. The minimum absolute atomic E-state index is 0.724. The Morgan fingerprint density at radius 2 is 2.19 bits per heavy atom. The zero-order chi connectivity index (χ0) is 11.5. The van der Waals surface area contributed by atoms with Gasteiger partial charge < -0.3 is 4.74 Å². The Morgan fingerprint density at radius 1 is 1.38 bits per heavy atom. The molecular weight excluding hydrogens is 268 g/mol. The molecule has 0 radical (unpaired) electrons. The largest absolute Gasteiger partial charge is 0.496 e. The average molecular weight is 281 g/mol. The van der Waals surface area contributed by atoms with Crippen LogP contribution in [0.3, 0.4) is 0 Å². The van der Waals surface area contributed by atoms with Crippen LogP contribution < -0.4 is 4.74 Å². The van der Waals surface area contributed by atoms with E-state index in [0.717, 1.165) is 28.0 Å². The summed E-state index contributed by atoms with van der Waals surface area (Å²) in [7, 11) is 1.68. The van der Waals surface area contributed by atoms with Crippen LogP contribution in [0.4, 0.5) is 0 Å². The fraction of sp³-hybridized carbons (Fsp3) is 0.250. The number of nitrogens with zero attached hydrogens (tertiary/aromatic N) is 2. The number of halogens is 1. The fourth-order valence-corrected chi connectivity index (χ4v) is 2.00. The number of ether oxygens (including phenoxy) is 1. The summed E-state index contributed by atoms with van der Waals surface area (Å²) >= 11 is 3.46. The van der Waals surface area contributed by atoms with Crippen LogP contribution in [0, 0.1) is 6.92 Å². The van der Waals surface area contributed by atoms with Crippen LogP contribution in [0.2, 0.25) is 0 Å². The van der Waals surface area contributed by atoms with Gasteiger partial charge >= 0.3 is 0 Å². The number of hydrogen-bond donors (Lipinski definition) is 0. The van der Waals surface area contributed by atoms with Crippen LogP contribution in [-0.4, -0.2) is 16.9 Å². The molecule has 1 aromatic carbocycles. The van der Waals surface area contributed by atoms with Crippen molar-refractivity contribution in [3.63, 3.8) is 0 Å². The number of benzene rings is 1. The number of methoxy groups -OCH3 is 1. The molecule has 0 aliphatic rings. The van der Waals surface area contributed by atoms with E-state index in [4.69, 9.17) is 4.74 Å². The normalized spacial score (nSPS) is 10.4. The Balaban J connectivity index is 2.33. The molecule has 0 amide bonds. The second kappa shape index (κ2) is 4.70. The summed E-state index contributed by atoms with van der Waals surface area (Å²) in [5.41, 5.74) is 2.26. The van der Waals surface area contributed by atoms with Gasteiger partial charge in [0.1, 0.15) is 5.75 Å². The predicted octanol–water partition coefficient (Wildman–Crippen LogP) is 3.01. The van der Waals surface area contributed by atoms with Crippen molar-refractivity contribution in [1.29, 1.82) is 0 Å². The molecule has 0 unspecified atom stereocenters. The summed E-state index contributed by atoms with van der Waals surface area (Å²) in [6.45, 7) is 2.76. The number of aromatic nitrogens is 2. The summed E-state index contributed by atoms with van der Waals surface area (Å²) in [4.78, 5) is 0. The van der Waals surface area contributed by atoms with Crippen LogP contribution in [0.1, 0.15) is 11.3 Å². The fourth-order valence-electron chi connectivity index (χ4n) is 1.60. The summed E-state index contributed by atoms with van der Waals surface area (Å²) < 4.78 is 8.32. The van der Waals surface area contributed by atoms with Gasteiger partial charge in [-0.1, -0.05) is 15.9 Å². The monoisotopic (exact) mass is 280 g/mol. The third-order valence-corrected chi connectivity index (χ3v) is 2.98. The quantitative estimate of drug-likeness (QED) is 0.864. The minimum atomic E-state index is 0.724. The van der Waals surface area contributed by atoms with Gasteiger partial charge in [0.05, 0.1) is 13.7 Å². The van der Waals surface area contributed by atoms with Crippen molar-refractivity contribution in [2.24, 2.45) is 0 Å². The molecule has 3 nitrogen and oxygen atoms in total. The minimum Gasteiger partial charge on any atom is -0.496 e. The highest BCUT2D eigenvalue weighted by Crippen LogP contribution is 2.23. The molecule has 2 aromatic rings. The Bertz CT molecular complexity index is 494. The van der Waals surface area contributed by atoms with E-state index in [-0.39, 0.29) is 0 Å². The van der Waals surface area contributed by atoms with Gasteiger partial charge in [0, 0.05) is 21.9 Å². The van der Waals surface area contributed by atoms with Gasteiger partial charge in [0.25, 0.3) is 0 Å². The SMILES string of the molecule is COc1ccc(Br)cc1Cn1nccc1C. The molecule has 0 N–H and O–H groups in total. The van der Waals surface area contributed by atoms with E-state index >= 15 is 0 Å². The van der Waals surface area contributed by atoms with Gasteiger partial charge in [-0.15, -0.1) is 0 Å². The van der Waals surface area contributed by atoms with Crippen molar-refractivity contribution in [2.75, 3.05) is 7.11 Å². The van der Waals surface area contributed by atoms with E-state index in [9.17, 15) is 0 Å². The molecule has 2 rings (SSSR count). The summed E-state index contributed by atoms with van der Waals surface area (Å²) in [6, 6.07) is 7.97. The maximum Gasteiger partial charge on any atom is 0.124 e. The molecule has 84 valence electrons. The first-order chi connectivity index (χ1) is 7.70. The highest BCUT2D eigenvalue weighted by Gasteiger charge is 2.06. The predicted molar refractivity (Wildman–Crippen MR) is 66.8 cm³/mol. The molecule has 16 heavy (non-hydrogen) atoms. The molecule has 1 aromatic heterocycles. The van der Waals surface area contributed by atoms with E-state index in [1.54, 1.807) is 13.3 Å². The van der Waals surface area contributed by atoms with Gasteiger partial charge in [0.15, 0.2) is 0 Å². The first kappa shape index (κ1) is 11.2. The molecule has 0 saturated carbocycles. The molecule has 0 spiro atoms. The highest BCUT2D eigenvalue weighted by atomic mass is 79.9. The van der Waals surface area contributed by atoms with Crippen molar-refractivity contribution >= 4 is 15.9 Å². The molecule has 0 saturated heterocycles. The maximum atomic E-state index is 5.33. The zero-order valence-electron chi connectivity index (χ0n) is 9.27. The highest BCUT2D eigenvalue weighted by molar-refractivity contribution is 9.10. The molecule has 0 aliphatic heterocycles. The van der Waals surface area contributed by atoms with Crippen LogP contribution in [-0.2, 0) is 6.54 Å². The second-order valence-electron chi connectivity index (χ2n) is 3.59. The van der Waals surface area contributed by atoms with E-state index in [1.807, 2.05) is 29.8 Å². The van der Waals surface area contributed by atoms with Crippen molar-refractivity contribution < 1.29 is 4.74 Å². The van der Waals surface area contributed by atoms with Crippen LogP contribution in [0.15, 0.2) is 34.9 Å². The third-order valence-electron chi connectivity index (χ3n) is 2.49. The Labute approximate surface area is 103 Å². The van der Waals surface area contributed by atoms with Gasteiger partial charge in [-0.2, -0.15) is 5.10 Å². The van der Waals surface area contributed by atoms with Crippen LogP contribution in [0.5, 0.6) is 5.75 Å². The lowest BCUT2D eigenvalue weighted by Gasteiger charge is -2.10. The second-order valence-corrected chi connectivity index (χ2v) is 4.50. The molecule has 1 heterocycles. The van der Waals surface area contributed by atoms with E-state index < -0.39 is 0 Å². The number of hydrogen-bond acceptors (Lipinski definition) is 2. The lowest BCUT2D eigenvalue weighted by atomic mass is 10.2. The number of aryl methyl sites for hydroxylation is 1. The van der Waals surface area contributed by atoms with Crippen molar-refractivity contribution in [2.45, 2.75) is 13.5 Å². The summed E-state index contributed by atoms with van der Waals surface area (Å²) in [5.74, 6) is 0.887. The van der Waals surface area contributed by atoms with Crippen molar-refractivity contribution in [1.82, 2.24) is 9.78 Å². The standard InChI is InChI=1S/C12H13BrN2O/c1-9-5-6-14-15(9)8-10-7-11(13)3-4-12(10)16-2/h3-7H,8H2,1-2H3. The van der Waals surface area contributed by atoms with Crippen LogP contribution in [0.25, 0.3) is 0 Å². The lowest BCUT2D eigenvalue weighted by molar-refractivity contribution is 0.407. The van der Waals surface area contributed by atoms with E-state index in [0.29, 0.717) is 0 Å². The van der Waals surface area contributed by atoms with Gasteiger partial charge in [-0.3, -0.25) is 4.68 Å². The zero-order valence-corrected chi connectivity index (χ0v) is 10.9. The van der Waals surface area contributed by atoms with Crippen molar-refractivity contribution in [3.05, 3.63) is 46.2 Å². The summed E-state index contributed by atoms with van der Waals surface area (Å²) in [5, 5.41) is 4.26. The molecule has 4 heteroatoms. The average Bonchev–Trinajstić information content (AvgIpc) is 2.65. The van der Waals surface area contributed by atoms with Crippen molar-refractivity contribution in [3.8, 4) is 5.75 Å². The van der Waals surface area contributed by atoms with Crippen LogP contribution >= 0.6 is 15.9 Å². The smallest absolute Gasteiger partial charge is 0.124 e. The molecule has 0 fully saturated rings. The topological polar surface area (TPSA) is 27.1 Å². The summed E-state index contributed by atoms with van der Waals surface area (Å²) in [6.07, 6.45) is 1.81. The van der Waals surface area contributed by atoms with Gasteiger partial charge in [-0.25, -0.2) is 0 Å². The maximum absolute atomic E-state index is 5.33. The van der Waals surface area contributed by atoms with Gasteiger partial charge in [0.2, 0.25) is 0 Å². The van der Waals surface area contributed by atoms with E-state index in [1.165, 1.54) is 0 Å². The molecule has 0 bridgehead atoms. The third kappa shape index (κ3) is 2.27. The van der Waals surface area contributed by atoms with Gasteiger partial charge in [-0.05, 0) is 31.2 Å². The Hall–Kier alpha value is -1.29.